The van der Waals surface area contributed by atoms with Gasteiger partial charge >= 0.3 is 0 Å². The monoisotopic (exact) mass is 526 g/mol. The Hall–Kier alpha value is -5.10. The van der Waals surface area contributed by atoms with E-state index in [9.17, 15) is 9.59 Å². The lowest BCUT2D eigenvalue weighted by molar-refractivity contribution is 0.101. The number of nitrogens with one attached hydrogen (secondary N) is 2. The zero-order chi connectivity index (χ0) is 27.1. The maximum atomic E-state index is 12.6. The highest BCUT2D eigenvalue weighted by Gasteiger charge is 2.27. The molecule has 6 nitrogen and oxygen atoms in total. The first-order valence-electron chi connectivity index (χ1n) is 13.4. The summed E-state index contributed by atoms with van der Waals surface area (Å²) < 4.78 is 10.6. The summed E-state index contributed by atoms with van der Waals surface area (Å²) >= 11 is 0. The van der Waals surface area contributed by atoms with Gasteiger partial charge in [0.2, 0.25) is 11.6 Å². The minimum absolute atomic E-state index is 0.0823. The van der Waals surface area contributed by atoms with Gasteiger partial charge < -0.3 is 18.8 Å². The smallest absolute Gasteiger partial charge is 0.205 e. The van der Waals surface area contributed by atoms with Gasteiger partial charge in [0, 0.05) is 33.0 Å². The van der Waals surface area contributed by atoms with Gasteiger partial charge in [0.25, 0.3) is 0 Å². The number of para-hydroxylation sites is 2. The molecule has 2 aromatic carbocycles. The third-order valence-electron chi connectivity index (χ3n) is 7.67. The summed E-state index contributed by atoms with van der Waals surface area (Å²) in [5.41, 5.74) is 7.42. The average Bonchev–Trinajstić information content (AvgIpc) is 3.79. The highest BCUT2D eigenvalue weighted by molar-refractivity contribution is 6.15. The zero-order valence-electron chi connectivity index (χ0n) is 21.7. The van der Waals surface area contributed by atoms with Crippen LogP contribution in [0.3, 0.4) is 0 Å². The molecule has 6 aromatic rings. The summed E-state index contributed by atoms with van der Waals surface area (Å²) in [4.78, 5) is 31.7. The van der Waals surface area contributed by atoms with E-state index in [4.69, 9.17) is 8.83 Å². The lowest BCUT2D eigenvalue weighted by atomic mass is 9.90. The van der Waals surface area contributed by atoms with Gasteiger partial charge in [0.05, 0.1) is 23.9 Å². The largest absolute Gasteiger partial charge is 0.465 e. The quantitative estimate of drug-likeness (QED) is 0.224. The molecule has 0 atom stereocenters. The van der Waals surface area contributed by atoms with Crippen LogP contribution in [0.25, 0.3) is 34.0 Å². The summed E-state index contributed by atoms with van der Waals surface area (Å²) in [6, 6.07) is 23.5. The fourth-order valence-electron chi connectivity index (χ4n) is 5.74. The number of fused-ring (bicyclic) bond motifs is 6. The standard InChI is InChI=1S/2C17H13NO2/c2*19-17-11(10-12-4-3-9-20-12)7-8-14-13-5-1-2-6-15(13)18-16(14)17/h2*1-6,9-10,18H,7-8H2/b2*11-10+. The summed E-state index contributed by atoms with van der Waals surface area (Å²) in [7, 11) is 0. The molecule has 4 aromatic heterocycles. The number of benzene rings is 2. The number of aromatic amines is 2. The van der Waals surface area contributed by atoms with E-state index in [2.05, 4.69) is 22.1 Å². The summed E-state index contributed by atoms with van der Waals surface area (Å²) in [6.45, 7) is 0. The number of hydrogen-bond acceptors (Lipinski definition) is 4. The van der Waals surface area contributed by atoms with Crippen LogP contribution in [0, 0.1) is 0 Å². The second kappa shape index (κ2) is 9.89. The molecule has 0 unspecified atom stereocenters. The van der Waals surface area contributed by atoms with Gasteiger partial charge in [-0.2, -0.15) is 0 Å². The van der Waals surface area contributed by atoms with E-state index in [1.807, 2.05) is 72.8 Å². The number of aromatic nitrogens is 2. The second-order valence-electron chi connectivity index (χ2n) is 10.1. The Balaban J connectivity index is 0.000000132. The van der Waals surface area contributed by atoms with Crippen LogP contribution in [-0.2, 0) is 12.8 Å². The van der Waals surface area contributed by atoms with Crippen LogP contribution in [0.15, 0.2) is 105 Å². The number of Topliss-reactive ketones (excluding diaryl/α,β-unsaturated/α-hetero) is 2. The minimum Gasteiger partial charge on any atom is -0.465 e. The van der Waals surface area contributed by atoms with E-state index in [1.165, 1.54) is 0 Å². The molecule has 6 heteroatoms. The van der Waals surface area contributed by atoms with E-state index in [0.29, 0.717) is 0 Å². The lowest BCUT2D eigenvalue weighted by Crippen LogP contribution is -2.13. The molecule has 2 aliphatic rings. The summed E-state index contributed by atoms with van der Waals surface area (Å²) in [5.74, 6) is 1.62. The van der Waals surface area contributed by atoms with Gasteiger partial charge in [-0.25, -0.2) is 0 Å². The van der Waals surface area contributed by atoms with E-state index in [0.717, 1.165) is 92.7 Å². The molecular weight excluding hydrogens is 500 g/mol. The highest BCUT2D eigenvalue weighted by atomic mass is 16.3. The molecule has 196 valence electrons. The number of aryl methyl sites for hydroxylation is 2. The van der Waals surface area contributed by atoms with Gasteiger partial charge in [-0.3, -0.25) is 9.59 Å². The fraction of sp³-hybridized carbons (Fsp3) is 0.118. The van der Waals surface area contributed by atoms with Crippen LogP contribution in [0.1, 0.15) is 56.5 Å². The number of hydrogen-bond donors (Lipinski definition) is 2. The Labute approximate surface area is 230 Å². The van der Waals surface area contributed by atoms with Crippen molar-refractivity contribution in [1.82, 2.24) is 9.97 Å². The molecule has 0 spiro atoms. The molecule has 0 fully saturated rings. The van der Waals surface area contributed by atoms with Crippen LogP contribution in [-0.4, -0.2) is 21.5 Å². The zero-order valence-corrected chi connectivity index (χ0v) is 21.7. The normalized spacial score (nSPS) is 16.8. The Bertz CT molecular complexity index is 1790. The first kappa shape index (κ1) is 24.0. The molecule has 4 heterocycles. The van der Waals surface area contributed by atoms with Crippen molar-refractivity contribution in [2.24, 2.45) is 0 Å². The van der Waals surface area contributed by atoms with Crippen LogP contribution in [0.4, 0.5) is 0 Å². The van der Waals surface area contributed by atoms with Crippen molar-refractivity contribution in [2.75, 3.05) is 0 Å². The Kier molecular flexibility index (Phi) is 5.93. The van der Waals surface area contributed by atoms with Crippen molar-refractivity contribution in [1.29, 1.82) is 0 Å². The number of H-pyrrole nitrogens is 2. The minimum atomic E-state index is 0.0823. The summed E-state index contributed by atoms with van der Waals surface area (Å²) in [6.07, 6.45) is 10.2. The van der Waals surface area contributed by atoms with E-state index < -0.39 is 0 Å². The highest BCUT2D eigenvalue weighted by Crippen LogP contribution is 2.33. The van der Waals surface area contributed by atoms with Crippen molar-refractivity contribution in [2.45, 2.75) is 25.7 Å². The Morgan fingerprint density at radius 3 is 1.43 bits per heavy atom. The van der Waals surface area contributed by atoms with Crippen molar-refractivity contribution >= 4 is 45.5 Å². The van der Waals surface area contributed by atoms with Crippen molar-refractivity contribution in [3.63, 3.8) is 0 Å². The van der Waals surface area contributed by atoms with Gasteiger partial charge in [-0.05, 0) is 85.4 Å². The van der Waals surface area contributed by atoms with Crippen molar-refractivity contribution in [3.05, 3.63) is 131 Å². The predicted octanol–water partition coefficient (Wildman–Crippen LogP) is 7.95. The van der Waals surface area contributed by atoms with Gasteiger partial charge in [0.15, 0.2) is 0 Å². The molecule has 0 amide bonds. The van der Waals surface area contributed by atoms with Crippen LogP contribution in [0.2, 0.25) is 0 Å². The molecule has 0 saturated heterocycles. The molecule has 0 bridgehead atoms. The molecule has 8 rings (SSSR count). The molecule has 2 N–H and O–H groups in total. The predicted molar refractivity (Wildman–Crippen MR) is 155 cm³/mol. The number of rotatable bonds is 2. The van der Waals surface area contributed by atoms with E-state index in [-0.39, 0.29) is 11.6 Å². The maximum absolute atomic E-state index is 12.6. The summed E-state index contributed by atoms with van der Waals surface area (Å²) in [5, 5.41) is 2.32. The number of ketones is 2. The Morgan fingerprint density at radius 2 is 1.00 bits per heavy atom. The SMILES string of the molecule is O=C1/C(=C/c2ccco2)CCc2c1[nH]c1ccccc21.O=C1/C(=C/c2ccco2)CCc2c1[nH]c1ccccc21. The second-order valence-corrected chi connectivity index (χ2v) is 10.1. The van der Waals surface area contributed by atoms with Crippen molar-refractivity contribution < 1.29 is 18.4 Å². The van der Waals surface area contributed by atoms with Gasteiger partial charge in [-0.1, -0.05) is 36.4 Å². The first-order chi connectivity index (χ1) is 19.7. The average molecular weight is 527 g/mol. The number of carbonyl (C=O) groups is 2. The lowest BCUT2D eigenvalue weighted by Gasteiger charge is -2.13. The third kappa shape index (κ3) is 4.24. The molecule has 0 radical (unpaired) electrons. The van der Waals surface area contributed by atoms with Crippen LogP contribution >= 0.6 is 0 Å². The van der Waals surface area contributed by atoms with Crippen LogP contribution < -0.4 is 0 Å². The third-order valence-corrected chi connectivity index (χ3v) is 7.67. The molecule has 2 aliphatic carbocycles. The maximum Gasteiger partial charge on any atom is 0.205 e. The molecule has 40 heavy (non-hydrogen) atoms. The Morgan fingerprint density at radius 1 is 0.550 bits per heavy atom. The molecular formula is C34H26N2O4. The number of furan rings is 2. The molecule has 0 aliphatic heterocycles. The molecule has 0 saturated carbocycles. The van der Waals surface area contributed by atoms with Gasteiger partial charge in [0.1, 0.15) is 11.5 Å². The fourth-order valence-corrected chi connectivity index (χ4v) is 5.74. The van der Waals surface area contributed by atoms with E-state index >= 15 is 0 Å². The van der Waals surface area contributed by atoms with Gasteiger partial charge in [-0.15, -0.1) is 0 Å². The number of allylic oxidation sites excluding steroid dienone is 2. The topological polar surface area (TPSA) is 92.0 Å². The van der Waals surface area contributed by atoms with E-state index in [1.54, 1.807) is 12.5 Å². The van der Waals surface area contributed by atoms with Crippen molar-refractivity contribution in [3.8, 4) is 0 Å². The first-order valence-corrected chi connectivity index (χ1v) is 13.4. The number of carbonyl (C=O) groups excluding carboxylic acids is 2. The van der Waals surface area contributed by atoms with Crippen LogP contribution in [0.5, 0.6) is 0 Å².